The van der Waals surface area contributed by atoms with Crippen molar-refractivity contribution < 1.29 is 24.5 Å². The van der Waals surface area contributed by atoms with Gasteiger partial charge in [-0.3, -0.25) is 9.59 Å². The number of hydrogen-bond donors (Lipinski definition) is 2. The molecule has 0 aromatic rings. The molecule has 0 aliphatic carbocycles. The van der Waals surface area contributed by atoms with Gasteiger partial charge in [-0.25, -0.2) is 0 Å². The monoisotopic (exact) mass is 406 g/mol. The summed E-state index contributed by atoms with van der Waals surface area (Å²) in [4.78, 5) is 25.3. The topological polar surface area (TPSA) is 83.8 Å². The van der Waals surface area contributed by atoms with Crippen molar-refractivity contribution in [3.63, 3.8) is 0 Å². The van der Waals surface area contributed by atoms with Crippen molar-refractivity contribution in [2.24, 2.45) is 11.3 Å². The van der Waals surface area contributed by atoms with E-state index in [0.29, 0.717) is 19.3 Å². The highest BCUT2D eigenvalue weighted by Crippen LogP contribution is 2.46. The minimum Gasteiger partial charge on any atom is -0.511 e. The molecule has 0 bridgehead atoms. The molecular weight excluding hydrogens is 368 g/mol. The molecule has 0 amide bonds. The van der Waals surface area contributed by atoms with Gasteiger partial charge in [0, 0.05) is 18.4 Å². The van der Waals surface area contributed by atoms with E-state index < -0.39 is 23.1 Å². The fourth-order valence-electron chi connectivity index (χ4n) is 3.32. The van der Waals surface area contributed by atoms with Crippen molar-refractivity contribution in [1.82, 2.24) is 0 Å². The standard InChI is InChI=1S/C24H38O5/c1-8-18(6)19(25)14-20(26)24(13-11-17(4)5)15-21(29-22(24)27)23(7,28)12-9-10-16(2)3/h10-11,14,18,21,26,28H,8-9,12-13,15H2,1-7H3/b20-14-/t18?,21-,23+,24+/m0/s1. The van der Waals surface area contributed by atoms with Crippen LogP contribution in [0, 0.1) is 11.3 Å². The lowest BCUT2D eigenvalue weighted by Gasteiger charge is -2.29. The summed E-state index contributed by atoms with van der Waals surface area (Å²) >= 11 is 0. The SMILES string of the molecule is CCC(C)C(=O)/C=C(\O)[C@@]1(CC=C(C)C)C[C@@H]([C@](C)(O)CCC=C(C)C)OC1=O. The number of carbonyl (C=O) groups is 2. The quantitative estimate of drug-likeness (QED) is 0.225. The van der Waals surface area contributed by atoms with Crippen LogP contribution in [-0.2, 0) is 14.3 Å². The molecule has 1 fully saturated rings. The highest BCUT2D eigenvalue weighted by atomic mass is 16.6. The summed E-state index contributed by atoms with van der Waals surface area (Å²) in [5.74, 6) is -1.31. The van der Waals surface area contributed by atoms with Gasteiger partial charge in [0.25, 0.3) is 0 Å². The number of carbonyl (C=O) groups excluding carboxylic acids is 2. The minimum absolute atomic E-state index is 0.132. The van der Waals surface area contributed by atoms with Crippen LogP contribution in [0.25, 0.3) is 0 Å². The molecule has 2 N–H and O–H groups in total. The first-order valence-corrected chi connectivity index (χ1v) is 10.5. The largest absolute Gasteiger partial charge is 0.511 e. The zero-order valence-corrected chi connectivity index (χ0v) is 19.0. The number of aliphatic hydroxyl groups excluding tert-OH is 1. The molecule has 1 heterocycles. The van der Waals surface area contributed by atoms with E-state index in [-0.39, 0.29) is 30.3 Å². The fraction of sp³-hybridized carbons (Fsp3) is 0.667. The zero-order valence-electron chi connectivity index (χ0n) is 19.0. The second-order valence-electron chi connectivity index (χ2n) is 9.08. The Hall–Kier alpha value is -1.88. The van der Waals surface area contributed by atoms with Gasteiger partial charge in [0.2, 0.25) is 0 Å². The number of ether oxygens (including phenoxy) is 1. The minimum atomic E-state index is -1.34. The van der Waals surface area contributed by atoms with E-state index in [4.69, 9.17) is 4.74 Å². The van der Waals surface area contributed by atoms with Gasteiger partial charge in [0.1, 0.15) is 17.3 Å². The van der Waals surface area contributed by atoms with Crippen LogP contribution in [0.15, 0.2) is 35.1 Å². The normalized spacial score (nSPS) is 25.0. The second-order valence-corrected chi connectivity index (χ2v) is 9.08. The molecule has 0 aromatic heterocycles. The Labute approximate surface area is 175 Å². The van der Waals surface area contributed by atoms with Gasteiger partial charge in [-0.15, -0.1) is 0 Å². The lowest BCUT2D eigenvalue weighted by molar-refractivity contribution is -0.156. The fourth-order valence-corrected chi connectivity index (χ4v) is 3.32. The number of rotatable bonds is 10. The molecule has 1 unspecified atom stereocenters. The molecule has 1 aliphatic rings. The lowest BCUT2D eigenvalue weighted by atomic mass is 9.75. The third-order valence-electron chi connectivity index (χ3n) is 5.80. The molecule has 1 saturated heterocycles. The highest BCUT2D eigenvalue weighted by molar-refractivity contribution is 5.93. The summed E-state index contributed by atoms with van der Waals surface area (Å²) in [5, 5.41) is 21.8. The van der Waals surface area contributed by atoms with Crippen LogP contribution in [0.4, 0.5) is 0 Å². The summed E-state index contributed by atoms with van der Waals surface area (Å²) in [6.45, 7) is 13.1. The van der Waals surface area contributed by atoms with Crippen LogP contribution in [-0.4, -0.2) is 33.7 Å². The van der Waals surface area contributed by atoms with E-state index in [1.54, 1.807) is 13.8 Å². The van der Waals surface area contributed by atoms with Crippen LogP contribution in [0.5, 0.6) is 0 Å². The summed E-state index contributed by atoms with van der Waals surface area (Å²) in [7, 11) is 0. The van der Waals surface area contributed by atoms with Gasteiger partial charge in [-0.1, -0.05) is 37.1 Å². The van der Waals surface area contributed by atoms with Crippen molar-refractivity contribution in [2.45, 2.75) is 92.3 Å². The Balaban J connectivity index is 3.22. The van der Waals surface area contributed by atoms with Crippen molar-refractivity contribution in [1.29, 1.82) is 0 Å². The van der Waals surface area contributed by atoms with Crippen LogP contribution in [0.2, 0.25) is 0 Å². The number of allylic oxidation sites excluding steroid dienone is 5. The molecule has 5 nitrogen and oxygen atoms in total. The van der Waals surface area contributed by atoms with Crippen LogP contribution >= 0.6 is 0 Å². The Bertz CT molecular complexity index is 690. The van der Waals surface area contributed by atoms with Crippen molar-refractivity contribution in [2.75, 3.05) is 0 Å². The zero-order chi connectivity index (χ0) is 22.4. The van der Waals surface area contributed by atoms with E-state index in [1.807, 2.05) is 46.8 Å². The Morgan fingerprint density at radius 3 is 2.38 bits per heavy atom. The predicted molar refractivity (Wildman–Crippen MR) is 115 cm³/mol. The number of cyclic esters (lactones) is 1. The average molecular weight is 407 g/mol. The summed E-state index contributed by atoms with van der Waals surface area (Å²) in [6.07, 6.45) is 6.43. The molecule has 164 valence electrons. The second kappa shape index (κ2) is 10.2. The third-order valence-corrected chi connectivity index (χ3v) is 5.80. The summed E-state index contributed by atoms with van der Waals surface area (Å²) in [5.41, 5.74) is -0.413. The first-order chi connectivity index (χ1) is 13.4. The van der Waals surface area contributed by atoms with E-state index in [9.17, 15) is 19.8 Å². The van der Waals surface area contributed by atoms with Crippen molar-refractivity contribution >= 4 is 11.8 Å². The maximum absolute atomic E-state index is 12.9. The van der Waals surface area contributed by atoms with Crippen molar-refractivity contribution in [3.05, 3.63) is 35.1 Å². The molecule has 29 heavy (non-hydrogen) atoms. The van der Waals surface area contributed by atoms with Gasteiger partial charge in [0.15, 0.2) is 5.78 Å². The van der Waals surface area contributed by atoms with E-state index in [2.05, 4.69) is 0 Å². The van der Waals surface area contributed by atoms with Crippen LogP contribution < -0.4 is 0 Å². The van der Waals surface area contributed by atoms with Crippen molar-refractivity contribution in [3.8, 4) is 0 Å². The predicted octanol–water partition coefficient (Wildman–Crippen LogP) is 5.20. The number of esters is 1. The third kappa shape index (κ3) is 6.56. The maximum atomic E-state index is 12.9. The molecular formula is C24H38O5. The number of aliphatic hydroxyl groups is 2. The molecule has 0 saturated carbocycles. The van der Waals surface area contributed by atoms with E-state index in [1.165, 1.54) is 6.08 Å². The summed E-state index contributed by atoms with van der Waals surface area (Å²) < 4.78 is 5.57. The molecule has 1 aliphatic heterocycles. The first kappa shape index (κ1) is 25.2. The van der Waals surface area contributed by atoms with Crippen LogP contribution in [0.1, 0.15) is 80.6 Å². The molecule has 0 radical (unpaired) electrons. The lowest BCUT2D eigenvalue weighted by Crippen LogP contribution is -2.39. The van der Waals surface area contributed by atoms with E-state index in [0.717, 1.165) is 11.1 Å². The van der Waals surface area contributed by atoms with Gasteiger partial charge >= 0.3 is 5.97 Å². The number of hydrogen-bond acceptors (Lipinski definition) is 5. The van der Waals surface area contributed by atoms with Crippen LogP contribution in [0.3, 0.4) is 0 Å². The summed E-state index contributed by atoms with van der Waals surface area (Å²) in [6, 6.07) is 0. The highest BCUT2D eigenvalue weighted by Gasteiger charge is 2.56. The average Bonchev–Trinajstić information content (AvgIpc) is 2.97. The molecule has 0 spiro atoms. The molecule has 4 atom stereocenters. The van der Waals surface area contributed by atoms with Gasteiger partial charge in [-0.2, -0.15) is 0 Å². The van der Waals surface area contributed by atoms with Gasteiger partial charge < -0.3 is 14.9 Å². The molecule has 5 heteroatoms. The smallest absolute Gasteiger partial charge is 0.320 e. The van der Waals surface area contributed by atoms with Gasteiger partial charge in [0.05, 0.1) is 5.60 Å². The number of ketones is 1. The van der Waals surface area contributed by atoms with E-state index >= 15 is 0 Å². The Kier molecular flexibility index (Phi) is 8.88. The Morgan fingerprint density at radius 1 is 1.28 bits per heavy atom. The molecule has 1 rings (SSSR count). The van der Waals surface area contributed by atoms with Gasteiger partial charge in [-0.05, 0) is 60.3 Å². The maximum Gasteiger partial charge on any atom is 0.320 e. The first-order valence-electron chi connectivity index (χ1n) is 10.5. The molecule has 0 aromatic carbocycles. The Morgan fingerprint density at radius 2 is 1.86 bits per heavy atom.